The van der Waals surface area contributed by atoms with Crippen LogP contribution in [0.15, 0.2) is 72.6 Å². The number of benzene rings is 1. The Balaban J connectivity index is 1.54. The van der Waals surface area contributed by atoms with Crippen LogP contribution in [0.5, 0.6) is 0 Å². The smallest absolute Gasteiger partial charge is 0.265 e. The van der Waals surface area contributed by atoms with E-state index in [4.69, 9.17) is 13.6 Å². The summed E-state index contributed by atoms with van der Waals surface area (Å²) in [7, 11) is -3.93. The highest BCUT2D eigenvalue weighted by molar-refractivity contribution is 8.00. The van der Waals surface area contributed by atoms with Crippen LogP contribution in [-0.4, -0.2) is 44.3 Å². The number of oxazole rings is 1. The van der Waals surface area contributed by atoms with Gasteiger partial charge in [0.15, 0.2) is 5.76 Å². The van der Waals surface area contributed by atoms with Gasteiger partial charge in [-0.2, -0.15) is 4.98 Å². The highest BCUT2D eigenvalue weighted by Crippen LogP contribution is 2.34. The number of carbonyl (C=O) groups excluding carboxylic acids is 1. The van der Waals surface area contributed by atoms with Crippen LogP contribution in [0.25, 0.3) is 11.7 Å². The van der Waals surface area contributed by atoms with Crippen molar-refractivity contribution in [2.75, 3.05) is 18.9 Å². The summed E-state index contributed by atoms with van der Waals surface area (Å²) in [5.74, 6) is 0.0806. The second-order valence-electron chi connectivity index (χ2n) is 6.63. The molecule has 1 amide bonds. The third-order valence-electron chi connectivity index (χ3n) is 4.49. The molecule has 30 heavy (non-hydrogen) atoms. The summed E-state index contributed by atoms with van der Waals surface area (Å²) in [4.78, 5) is 16.5. The van der Waals surface area contributed by atoms with Gasteiger partial charge in [0.05, 0.1) is 23.0 Å². The fourth-order valence-corrected chi connectivity index (χ4v) is 5.37. The van der Waals surface area contributed by atoms with Gasteiger partial charge in [-0.15, -0.1) is 0 Å². The lowest BCUT2D eigenvalue weighted by Gasteiger charge is -2.10. The first-order chi connectivity index (χ1) is 14.5. The SMILES string of the molecule is O=C(CSc1oc(-c2ccco2)nc1S(=O)(=O)c1ccccc1)NC[C@H]1CCCO1. The summed E-state index contributed by atoms with van der Waals surface area (Å²) >= 11 is 0.974. The van der Waals surface area contributed by atoms with Crippen molar-refractivity contribution in [3.8, 4) is 11.7 Å². The van der Waals surface area contributed by atoms with Crippen LogP contribution in [0.4, 0.5) is 0 Å². The fraction of sp³-hybridized carbons (Fsp3) is 0.300. The largest absolute Gasteiger partial charge is 0.459 e. The van der Waals surface area contributed by atoms with Gasteiger partial charge >= 0.3 is 0 Å². The third-order valence-corrected chi connectivity index (χ3v) is 7.25. The number of hydrogen-bond donors (Lipinski definition) is 1. The van der Waals surface area contributed by atoms with Crippen LogP contribution in [0, 0.1) is 0 Å². The van der Waals surface area contributed by atoms with Gasteiger partial charge < -0.3 is 18.9 Å². The Morgan fingerprint density at radius 1 is 1.20 bits per heavy atom. The lowest BCUT2D eigenvalue weighted by atomic mass is 10.2. The van der Waals surface area contributed by atoms with Gasteiger partial charge in [-0.3, -0.25) is 4.79 Å². The molecule has 1 fully saturated rings. The number of nitrogens with zero attached hydrogens (tertiary/aromatic N) is 1. The zero-order valence-corrected chi connectivity index (χ0v) is 17.6. The first-order valence-electron chi connectivity index (χ1n) is 9.40. The number of sulfone groups is 1. The van der Waals surface area contributed by atoms with Crippen molar-refractivity contribution in [3.05, 3.63) is 48.7 Å². The fourth-order valence-electron chi connectivity index (χ4n) is 2.99. The van der Waals surface area contributed by atoms with E-state index in [2.05, 4.69) is 10.3 Å². The molecule has 0 spiro atoms. The Hall–Kier alpha value is -2.56. The maximum atomic E-state index is 13.1. The van der Waals surface area contributed by atoms with Gasteiger partial charge in [0.1, 0.15) is 0 Å². The number of ether oxygens (including phenoxy) is 1. The maximum Gasteiger partial charge on any atom is 0.265 e. The molecule has 1 aliphatic heterocycles. The first-order valence-corrected chi connectivity index (χ1v) is 11.9. The van der Waals surface area contributed by atoms with Crippen LogP contribution >= 0.6 is 11.8 Å². The Labute approximate surface area is 177 Å². The van der Waals surface area contributed by atoms with Gasteiger partial charge in [0.2, 0.25) is 25.9 Å². The van der Waals surface area contributed by atoms with Gasteiger partial charge in [0.25, 0.3) is 5.89 Å². The number of aromatic nitrogens is 1. The van der Waals surface area contributed by atoms with E-state index in [0.29, 0.717) is 18.9 Å². The first kappa shape index (κ1) is 20.7. The Bertz CT molecular complexity index is 1090. The summed E-state index contributed by atoms with van der Waals surface area (Å²) in [6, 6.07) is 11.2. The molecule has 8 nitrogen and oxygen atoms in total. The van der Waals surface area contributed by atoms with Crippen LogP contribution in [0.3, 0.4) is 0 Å². The van der Waals surface area contributed by atoms with Gasteiger partial charge in [0, 0.05) is 13.2 Å². The van der Waals surface area contributed by atoms with Crippen molar-refractivity contribution >= 4 is 27.5 Å². The molecule has 0 unspecified atom stereocenters. The zero-order chi connectivity index (χ0) is 21.0. The highest BCUT2D eigenvalue weighted by Gasteiger charge is 2.29. The molecule has 0 radical (unpaired) electrons. The van der Waals surface area contributed by atoms with Gasteiger partial charge in [-0.1, -0.05) is 30.0 Å². The average molecular weight is 449 g/mol. The van der Waals surface area contributed by atoms with E-state index in [0.717, 1.165) is 24.6 Å². The molecule has 1 saturated heterocycles. The van der Waals surface area contributed by atoms with E-state index < -0.39 is 9.84 Å². The van der Waals surface area contributed by atoms with Crippen LogP contribution < -0.4 is 5.32 Å². The molecule has 2 aromatic heterocycles. The lowest BCUT2D eigenvalue weighted by molar-refractivity contribution is -0.119. The minimum absolute atomic E-state index is 0.0170. The van der Waals surface area contributed by atoms with Crippen molar-refractivity contribution in [2.24, 2.45) is 0 Å². The molecule has 0 saturated carbocycles. The lowest BCUT2D eigenvalue weighted by Crippen LogP contribution is -2.32. The molecular formula is C20H20N2O6S2. The molecule has 0 aliphatic carbocycles. The van der Waals surface area contributed by atoms with Crippen molar-refractivity contribution in [2.45, 2.75) is 34.0 Å². The molecule has 1 aliphatic rings. The van der Waals surface area contributed by atoms with Crippen molar-refractivity contribution in [1.29, 1.82) is 0 Å². The normalized spacial score (nSPS) is 16.6. The van der Waals surface area contributed by atoms with E-state index >= 15 is 0 Å². The minimum atomic E-state index is -3.93. The minimum Gasteiger partial charge on any atom is -0.459 e. The summed E-state index contributed by atoms with van der Waals surface area (Å²) < 4.78 is 42.6. The molecule has 4 rings (SSSR count). The van der Waals surface area contributed by atoms with Crippen molar-refractivity contribution in [3.63, 3.8) is 0 Å². The van der Waals surface area contributed by atoms with Crippen LogP contribution in [0.2, 0.25) is 0 Å². The van der Waals surface area contributed by atoms with Crippen LogP contribution in [-0.2, 0) is 19.4 Å². The van der Waals surface area contributed by atoms with E-state index in [1.165, 1.54) is 18.4 Å². The molecule has 10 heteroatoms. The molecular weight excluding hydrogens is 428 g/mol. The summed E-state index contributed by atoms with van der Waals surface area (Å²) in [6.07, 6.45) is 3.38. The number of amides is 1. The molecule has 1 atom stereocenters. The second-order valence-corrected chi connectivity index (χ2v) is 9.45. The third kappa shape index (κ3) is 4.61. The quantitative estimate of drug-likeness (QED) is 0.523. The number of carbonyl (C=O) groups is 1. The Morgan fingerprint density at radius 3 is 2.73 bits per heavy atom. The molecule has 3 heterocycles. The molecule has 0 bridgehead atoms. The number of nitrogens with one attached hydrogen (secondary N) is 1. The van der Waals surface area contributed by atoms with E-state index in [1.54, 1.807) is 30.3 Å². The van der Waals surface area contributed by atoms with Gasteiger partial charge in [-0.25, -0.2) is 8.42 Å². The predicted octanol–water partition coefficient (Wildman–Crippen LogP) is 3.15. The van der Waals surface area contributed by atoms with E-state index in [-0.39, 0.29) is 38.7 Å². The zero-order valence-electron chi connectivity index (χ0n) is 15.9. The van der Waals surface area contributed by atoms with Gasteiger partial charge in [-0.05, 0) is 37.1 Å². The Morgan fingerprint density at radius 2 is 2.03 bits per heavy atom. The standard InChI is InChI=1S/C20H20N2O6S2/c23-17(21-12-14-6-4-10-26-14)13-29-20-19(22-18(28-20)16-9-5-11-27-16)30(24,25)15-7-2-1-3-8-15/h1-3,5,7-9,11,14H,4,6,10,12-13H2,(H,21,23)/t14-/m1/s1. The predicted molar refractivity (Wildman–Crippen MR) is 109 cm³/mol. The molecule has 158 valence electrons. The highest BCUT2D eigenvalue weighted by atomic mass is 32.2. The number of rotatable bonds is 8. The number of hydrogen-bond acceptors (Lipinski definition) is 8. The van der Waals surface area contributed by atoms with Crippen LogP contribution in [0.1, 0.15) is 12.8 Å². The number of thioether (sulfide) groups is 1. The maximum absolute atomic E-state index is 13.1. The van der Waals surface area contributed by atoms with Crippen molar-refractivity contribution < 1.29 is 26.8 Å². The summed E-state index contributed by atoms with van der Waals surface area (Å²) in [5, 5.41) is 2.60. The topological polar surface area (TPSA) is 112 Å². The average Bonchev–Trinajstić information content (AvgIpc) is 3.52. The summed E-state index contributed by atoms with van der Waals surface area (Å²) in [5.41, 5.74) is 0. The summed E-state index contributed by atoms with van der Waals surface area (Å²) in [6.45, 7) is 1.15. The molecule has 3 aromatic rings. The van der Waals surface area contributed by atoms with Crippen molar-refractivity contribution in [1.82, 2.24) is 10.3 Å². The molecule has 1 N–H and O–H groups in total. The molecule has 1 aromatic carbocycles. The van der Waals surface area contributed by atoms with E-state index in [1.807, 2.05) is 0 Å². The number of furan rings is 1. The second kappa shape index (κ2) is 9.07. The monoisotopic (exact) mass is 448 g/mol. The van der Waals surface area contributed by atoms with E-state index in [9.17, 15) is 13.2 Å². The Kier molecular flexibility index (Phi) is 6.26.